The van der Waals surface area contributed by atoms with Gasteiger partial charge in [-0.05, 0) is 106 Å². The van der Waals surface area contributed by atoms with Gasteiger partial charge < -0.3 is 55.1 Å². The van der Waals surface area contributed by atoms with E-state index in [4.69, 9.17) is 18.9 Å². The summed E-state index contributed by atoms with van der Waals surface area (Å²) in [7, 11) is 4.55. The van der Waals surface area contributed by atoms with Gasteiger partial charge in [0.15, 0.2) is 17.8 Å². The summed E-state index contributed by atoms with van der Waals surface area (Å²) >= 11 is 0. The largest absolute Gasteiger partial charge is 0.497 e. The Balaban J connectivity index is 1.56. The number of Topliss-reactive ketones (excluding diaryl/α,β-unsaturated/α-hetero) is 1. The van der Waals surface area contributed by atoms with Crippen molar-refractivity contribution in [2.75, 3.05) is 34.3 Å². The van der Waals surface area contributed by atoms with Crippen LogP contribution in [0.4, 0.5) is 0 Å². The standard InChI is InChI=1S/C60H87N7O15/c1-14-35(8)50-45(68)30-49(70)82-53(34(6)7)52(71)36(9)54(72)62-42(26-32(2)3)58(76)67-25-17-20-47(67)65(11)44(28-38-21-23-40(79-13)24-22-38)60(78)80-37(10)51(57(75)63-50)64-56(74)43(27-33(4)5)66(12)48(69)31-61-55(73)41-29-39-18-15-16-19-46(39)81-59(41)77/h15-16,18-19,21-24,29,32-37,41-47,50-51,53,68H,14,17,20,25-28,30-31H2,1-13H3,(H,61,73)(H,62,72)(H,63,75)(H,64,74)/t35-,36-,37+,41?,42-,43+,44-,45-,46?,47-,50+,51-,53-/m0/s1. The second-order valence-corrected chi connectivity index (χ2v) is 23.3. The van der Waals surface area contributed by atoms with Crippen molar-refractivity contribution in [1.82, 2.24) is 36.0 Å². The summed E-state index contributed by atoms with van der Waals surface area (Å²) in [5.74, 6) is -11.5. The van der Waals surface area contributed by atoms with Gasteiger partial charge in [0.25, 0.3) is 0 Å². The number of aliphatic hydroxyl groups is 1. The SMILES string of the molecule is CC[C@H](C)[C@H]1NC(=O)[C@@H](NC(=O)[C@@H](CC(C)C)N(C)C(=O)CNC(=O)C2C=C3C=CC=CC3OC2=O)[C@@H](C)OC(=O)[C@H](Cc2ccc(OC)cc2)N(C)[C@@H]2CCCN2C(=O)[C@H](CC(C)C)NC(=O)[C@@H](C)C(=O)[C@H](C(C)C)OC(=O)C[C@@H]1O. The normalized spacial score (nSPS) is 28.0. The lowest BCUT2D eigenvalue weighted by molar-refractivity contribution is -0.163. The Hall–Kier alpha value is -6.94. The number of carbonyl (C=O) groups is 10. The van der Waals surface area contributed by atoms with E-state index in [1.807, 2.05) is 27.7 Å². The molecule has 452 valence electrons. The number of hydrogen-bond acceptors (Lipinski definition) is 16. The minimum atomic E-state index is -1.72. The number of hydrogen-bond donors (Lipinski definition) is 5. The first-order chi connectivity index (χ1) is 38.7. The number of ether oxygens (including phenoxy) is 4. The highest BCUT2D eigenvalue weighted by molar-refractivity contribution is 6.05. The molecule has 4 aliphatic rings. The van der Waals surface area contributed by atoms with E-state index in [1.54, 1.807) is 93.1 Å². The maximum absolute atomic E-state index is 15.1. The van der Waals surface area contributed by atoms with Gasteiger partial charge in [0.1, 0.15) is 42.1 Å². The molecule has 22 heteroatoms. The fourth-order valence-corrected chi connectivity index (χ4v) is 10.6. The maximum atomic E-state index is 15.1. The number of ketones is 1. The number of amides is 6. The monoisotopic (exact) mass is 1150 g/mol. The average molecular weight is 1150 g/mol. The van der Waals surface area contributed by atoms with Crippen molar-refractivity contribution in [3.63, 3.8) is 0 Å². The molecule has 0 spiro atoms. The number of cyclic esters (lactones) is 2. The molecule has 2 saturated heterocycles. The number of nitrogens with zero attached hydrogens (tertiary/aromatic N) is 3. The summed E-state index contributed by atoms with van der Waals surface area (Å²) in [5.41, 5.74) is 1.27. The molecule has 3 heterocycles. The molecule has 2 unspecified atom stereocenters. The van der Waals surface area contributed by atoms with Gasteiger partial charge in [0.2, 0.25) is 35.4 Å². The van der Waals surface area contributed by atoms with Gasteiger partial charge in [-0.15, -0.1) is 0 Å². The lowest BCUT2D eigenvalue weighted by atomic mass is 9.91. The number of methoxy groups -OCH3 is 1. The Kier molecular flexibility index (Phi) is 24.0. The van der Waals surface area contributed by atoms with E-state index >= 15 is 9.59 Å². The highest BCUT2D eigenvalue weighted by Crippen LogP contribution is 2.29. The first-order valence-electron chi connectivity index (χ1n) is 28.7. The molecule has 82 heavy (non-hydrogen) atoms. The van der Waals surface area contributed by atoms with Crippen LogP contribution in [0.1, 0.15) is 113 Å². The molecule has 22 nitrogen and oxygen atoms in total. The summed E-state index contributed by atoms with van der Waals surface area (Å²) in [4.78, 5) is 146. The highest BCUT2D eigenvalue weighted by atomic mass is 16.6. The van der Waals surface area contributed by atoms with E-state index in [-0.39, 0.29) is 37.6 Å². The number of nitrogens with one attached hydrogen (secondary N) is 4. The predicted molar refractivity (Wildman–Crippen MR) is 302 cm³/mol. The maximum Gasteiger partial charge on any atom is 0.324 e. The number of carbonyl (C=O) groups excluding carboxylic acids is 10. The van der Waals surface area contributed by atoms with E-state index in [1.165, 1.54) is 34.1 Å². The average Bonchev–Trinajstić information content (AvgIpc) is 4.12. The van der Waals surface area contributed by atoms with Gasteiger partial charge >= 0.3 is 17.9 Å². The van der Waals surface area contributed by atoms with Crippen LogP contribution < -0.4 is 26.0 Å². The third-order valence-electron chi connectivity index (χ3n) is 15.7. The van der Waals surface area contributed by atoms with E-state index in [0.717, 1.165) is 4.90 Å². The fourth-order valence-electron chi connectivity index (χ4n) is 10.6. The first-order valence-corrected chi connectivity index (χ1v) is 28.7. The number of esters is 3. The molecule has 1 aromatic rings. The smallest absolute Gasteiger partial charge is 0.324 e. The number of aliphatic hydroxyl groups excluding tert-OH is 1. The molecule has 2 fully saturated rings. The molecular weight excluding hydrogens is 1060 g/mol. The molecule has 1 aliphatic carbocycles. The van der Waals surface area contributed by atoms with Crippen molar-refractivity contribution < 1.29 is 72.0 Å². The third kappa shape index (κ3) is 17.1. The zero-order valence-electron chi connectivity index (χ0n) is 49.8. The first kappa shape index (κ1) is 65.9. The lowest BCUT2D eigenvalue weighted by Gasteiger charge is -2.39. The van der Waals surface area contributed by atoms with Crippen LogP contribution in [-0.4, -0.2) is 174 Å². The summed E-state index contributed by atoms with van der Waals surface area (Å²) < 4.78 is 22.8. The van der Waals surface area contributed by atoms with Crippen molar-refractivity contribution in [2.45, 2.75) is 175 Å². The quantitative estimate of drug-likeness (QED) is 0.0903. The second-order valence-electron chi connectivity index (χ2n) is 23.3. The van der Waals surface area contributed by atoms with Gasteiger partial charge in [-0.1, -0.05) is 98.2 Å². The van der Waals surface area contributed by atoms with Crippen molar-refractivity contribution in [3.8, 4) is 5.75 Å². The van der Waals surface area contributed by atoms with Crippen LogP contribution in [0.2, 0.25) is 0 Å². The zero-order chi connectivity index (χ0) is 60.9. The van der Waals surface area contributed by atoms with Crippen LogP contribution in [0.5, 0.6) is 5.75 Å². The van der Waals surface area contributed by atoms with Crippen LogP contribution in [0.3, 0.4) is 0 Å². The summed E-state index contributed by atoms with van der Waals surface area (Å²) in [6.07, 6.45) is 3.25. The summed E-state index contributed by atoms with van der Waals surface area (Å²) in [5, 5.41) is 22.7. The zero-order valence-corrected chi connectivity index (χ0v) is 49.8. The molecule has 0 radical (unpaired) electrons. The van der Waals surface area contributed by atoms with Crippen molar-refractivity contribution in [1.29, 1.82) is 0 Å². The lowest BCUT2D eigenvalue weighted by Crippen LogP contribution is -2.62. The number of rotatable bonds is 16. The van der Waals surface area contributed by atoms with Gasteiger partial charge in [-0.3, -0.25) is 52.8 Å². The van der Waals surface area contributed by atoms with Gasteiger partial charge in [-0.2, -0.15) is 0 Å². The molecule has 13 atom stereocenters. The minimum Gasteiger partial charge on any atom is -0.497 e. The Bertz CT molecular complexity index is 2580. The fraction of sp³-hybridized carbons (Fsp3) is 0.633. The number of allylic oxidation sites excluding steroid dienone is 2. The van der Waals surface area contributed by atoms with E-state index in [2.05, 4.69) is 21.3 Å². The number of fused-ring (bicyclic) bond motifs is 2. The predicted octanol–water partition coefficient (Wildman–Crippen LogP) is 3.09. The van der Waals surface area contributed by atoms with Gasteiger partial charge in [0, 0.05) is 13.6 Å². The van der Waals surface area contributed by atoms with E-state index < -0.39 is 157 Å². The number of benzene rings is 1. The Morgan fingerprint density at radius 2 is 1.57 bits per heavy atom. The van der Waals surface area contributed by atoms with Gasteiger partial charge in [0.05, 0.1) is 44.3 Å². The van der Waals surface area contributed by atoms with Crippen LogP contribution >= 0.6 is 0 Å². The summed E-state index contributed by atoms with van der Waals surface area (Å²) in [6, 6.07) is 0.553. The molecule has 0 aromatic heterocycles. The van der Waals surface area contributed by atoms with Crippen LogP contribution in [0.15, 0.2) is 60.2 Å². The van der Waals surface area contributed by atoms with Crippen molar-refractivity contribution in [2.24, 2.45) is 35.5 Å². The van der Waals surface area contributed by atoms with Crippen LogP contribution in [-0.2, 0) is 68.6 Å². The third-order valence-corrected chi connectivity index (χ3v) is 15.7. The Morgan fingerprint density at radius 1 is 0.890 bits per heavy atom. The van der Waals surface area contributed by atoms with Gasteiger partial charge in [-0.25, -0.2) is 0 Å². The Morgan fingerprint density at radius 3 is 2.20 bits per heavy atom. The molecule has 1 aromatic carbocycles. The van der Waals surface area contributed by atoms with Crippen LogP contribution in [0, 0.1) is 35.5 Å². The van der Waals surface area contributed by atoms with Crippen molar-refractivity contribution in [3.05, 3.63) is 65.8 Å². The number of likely N-dealkylation sites (N-methyl/N-ethyl adjacent to an activating group) is 2. The molecule has 3 aliphatic heterocycles. The summed E-state index contributed by atoms with van der Waals surface area (Å²) in [6.45, 7) is 16.6. The molecule has 0 bridgehead atoms. The van der Waals surface area contributed by atoms with E-state index in [0.29, 0.717) is 36.1 Å². The Labute approximate surface area is 481 Å². The topological polar surface area (TPSA) is 286 Å². The molecule has 5 N–H and O–H groups in total. The second kappa shape index (κ2) is 29.9. The molecule has 5 rings (SSSR count). The van der Waals surface area contributed by atoms with Crippen molar-refractivity contribution >= 4 is 59.1 Å². The molecule has 6 amide bonds. The molecule has 0 saturated carbocycles. The van der Waals surface area contributed by atoms with Crippen LogP contribution in [0.25, 0.3) is 0 Å². The minimum absolute atomic E-state index is 0.0309. The highest BCUT2D eigenvalue weighted by Gasteiger charge is 2.45. The molecular formula is C60H87N7O15. The van der Waals surface area contributed by atoms with E-state index in [9.17, 15) is 43.5 Å².